The van der Waals surface area contributed by atoms with Gasteiger partial charge in [0.05, 0.1) is 5.54 Å². The summed E-state index contributed by atoms with van der Waals surface area (Å²) in [6.45, 7) is 5.42. The van der Waals surface area contributed by atoms with Crippen molar-refractivity contribution >= 4 is 23.2 Å². The van der Waals surface area contributed by atoms with Crippen LogP contribution in [0.2, 0.25) is 0 Å². The van der Waals surface area contributed by atoms with Crippen LogP contribution in [0.4, 0.5) is 15.8 Å². The highest BCUT2D eigenvalue weighted by Crippen LogP contribution is 2.44. The van der Waals surface area contributed by atoms with Crippen molar-refractivity contribution in [2.24, 2.45) is 0 Å². The number of nitrogens with zero attached hydrogens (tertiary/aromatic N) is 2. The molecule has 0 aliphatic carbocycles. The number of halogens is 1. The normalized spacial score (nSPS) is 24.4. The molecule has 1 N–H and O–H groups in total. The van der Waals surface area contributed by atoms with Crippen LogP contribution in [-0.4, -0.2) is 34.8 Å². The molecule has 2 unspecified atom stereocenters. The molecule has 2 heterocycles. The fourth-order valence-corrected chi connectivity index (χ4v) is 5.01. The van der Waals surface area contributed by atoms with E-state index in [1.807, 2.05) is 35.2 Å². The summed E-state index contributed by atoms with van der Waals surface area (Å²) in [5.74, 6) is -0.294. The van der Waals surface area contributed by atoms with Crippen LogP contribution in [0.5, 0.6) is 0 Å². The number of likely N-dealkylation sites (tertiary alicyclic amines) is 1. The van der Waals surface area contributed by atoms with Gasteiger partial charge in [0, 0.05) is 43.9 Å². The highest BCUT2D eigenvalue weighted by atomic mass is 19.1. The van der Waals surface area contributed by atoms with Crippen molar-refractivity contribution < 1.29 is 14.0 Å². The summed E-state index contributed by atoms with van der Waals surface area (Å²) in [4.78, 5) is 28.2. The van der Waals surface area contributed by atoms with Crippen molar-refractivity contribution in [1.82, 2.24) is 4.90 Å². The monoisotopic (exact) mass is 409 g/mol. The minimum atomic E-state index is -0.310. The SMILES string of the molecule is CC(=O)Nc1ccc(CN2CCC3(CCC(=O)N3c3cccc(F)c3)CC2C)cc1. The lowest BCUT2D eigenvalue weighted by Crippen LogP contribution is -2.56. The molecule has 158 valence electrons. The first kappa shape index (κ1) is 20.5. The molecule has 0 radical (unpaired) electrons. The van der Waals surface area contributed by atoms with Crippen molar-refractivity contribution in [3.05, 3.63) is 59.9 Å². The van der Waals surface area contributed by atoms with E-state index in [4.69, 9.17) is 0 Å². The Bertz CT molecular complexity index is 946. The molecule has 2 fully saturated rings. The Morgan fingerprint density at radius 1 is 1.20 bits per heavy atom. The molecule has 2 aliphatic heterocycles. The van der Waals surface area contributed by atoms with E-state index in [0.29, 0.717) is 18.2 Å². The van der Waals surface area contributed by atoms with Crippen LogP contribution in [0.3, 0.4) is 0 Å². The van der Waals surface area contributed by atoms with Gasteiger partial charge < -0.3 is 10.2 Å². The molecule has 4 rings (SSSR count). The van der Waals surface area contributed by atoms with Gasteiger partial charge in [-0.05, 0) is 62.1 Å². The average Bonchev–Trinajstić information content (AvgIpc) is 3.01. The summed E-state index contributed by atoms with van der Waals surface area (Å²) >= 11 is 0. The van der Waals surface area contributed by atoms with Gasteiger partial charge in [0.25, 0.3) is 0 Å². The third-order valence-electron chi connectivity index (χ3n) is 6.42. The molecule has 2 saturated heterocycles. The van der Waals surface area contributed by atoms with Crippen LogP contribution in [-0.2, 0) is 16.1 Å². The molecule has 2 aromatic rings. The van der Waals surface area contributed by atoms with Gasteiger partial charge in [-0.2, -0.15) is 0 Å². The number of carbonyl (C=O) groups excluding carboxylic acids is 2. The van der Waals surface area contributed by atoms with E-state index < -0.39 is 0 Å². The fraction of sp³-hybridized carbons (Fsp3) is 0.417. The Hall–Kier alpha value is -2.73. The number of amides is 2. The molecule has 2 aromatic carbocycles. The number of benzene rings is 2. The lowest BCUT2D eigenvalue weighted by atomic mass is 9.81. The fourth-order valence-electron chi connectivity index (χ4n) is 5.01. The number of piperidine rings is 1. The molecule has 1 spiro atoms. The number of hydrogen-bond donors (Lipinski definition) is 1. The Labute approximate surface area is 176 Å². The quantitative estimate of drug-likeness (QED) is 0.818. The standard InChI is InChI=1S/C24H28FN3O2/c1-17-15-24(11-10-23(30)28(24)22-5-3-4-20(25)14-22)12-13-27(17)16-19-6-8-21(9-7-19)26-18(2)29/h3-9,14,17H,10-13,15-16H2,1-2H3,(H,26,29). The number of nitrogens with one attached hydrogen (secondary N) is 1. The van der Waals surface area contributed by atoms with E-state index in [-0.39, 0.29) is 23.2 Å². The second-order valence-electron chi connectivity index (χ2n) is 8.59. The summed E-state index contributed by atoms with van der Waals surface area (Å²) < 4.78 is 13.8. The highest BCUT2D eigenvalue weighted by molar-refractivity contribution is 5.97. The Kier molecular flexibility index (Phi) is 5.60. The van der Waals surface area contributed by atoms with Crippen LogP contribution in [0.1, 0.15) is 45.1 Å². The molecule has 5 nitrogen and oxygen atoms in total. The molecular weight excluding hydrogens is 381 g/mol. The Morgan fingerprint density at radius 2 is 1.97 bits per heavy atom. The van der Waals surface area contributed by atoms with Crippen LogP contribution in [0.25, 0.3) is 0 Å². The Morgan fingerprint density at radius 3 is 2.63 bits per heavy atom. The van der Waals surface area contributed by atoms with E-state index >= 15 is 0 Å². The number of carbonyl (C=O) groups is 2. The van der Waals surface area contributed by atoms with Gasteiger partial charge in [0.1, 0.15) is 5.82 Å². The summed E-state index contributed by atoms with van der Waals surface area (Å²) in [5, 5.41) is 2.79. The predicted molar refractivity (Wildman–Crippen MR) is 116 cm³/mol. The van der Waals surface area contributed by atoms with Gasteiger partial charge >= 0.3 is 0 Å². The molecule has 2 amide bonds. The molecule has 6 heteroatoms. The topological polar surface area (TPSA) is 52.7 Å². The second kappa shape index (κ2) is 8.19. The molecule has 2 aliphatic rings. The van der Waals surface area contributed by atoms with Gasteiger partial charge in [-0.3, -0.25) is 14.5 Å². The van der Waals surface area contributed by atoms with Gasteiger partial charge in [-0.1, -0.05) is 18.2 Å². The Balaban J connectivity index is 1.46. The third kappa shape index (κ3) is 4.10. The minimum Gasteiger partial charge on any atom is -0.326 e. The lowest BCUT2D eigenvalue weighted by molar-refractivity contribution is -0.117. The zero-order valence-corrected chi connectivity index (χ0v) is 17.5. The van der Waals surface area contributed by atoms with Crippen LogP contribution < -0.4 is 10.2 Å². The number of rotatable bonds is 4. The zero-order valence-electron chi connectivity index (χ0n) is 17.5. The maximum absolute atomic E-state index is 13.8. The van der Waals surface area contributed by atoms with E-state index in [0.717, 1.165) is 38.0 Å². The van der Waals surface area contributed by atoms with Crippen molar-refractivity contribution in [2.45, 2.75) is 57.7 Å². The van der Waals surface area contributed by atoms with Crippen molar-refractivity contribution in [3.63, 3.8) is 0 Å². The van der Waals surface area contributed by atoms with Crippen LogP contribution >= 0.6 is 0 Å². The second-order valence-corrected chi connectivity index (χ2v) is 8.59. The summed E-state index contributed by atoms with van der Waals surface area (Å²) in [5.41, 5.74) is 2.44. The van der Waals surface area contributed by atoms with Gasteiger partial charge in [0.2, 0.25) is 11.8 Å². The zero-order chi connectivity index (χ0) is 21.3. The van der Waals surface area contributed by atoms with Gasteiger partial charge in [0.15, 0.2) is 0 Å². The van der Waals surface area contributed by atoms with Crippen molar-refractivity contribution in [3.8, 4) is 0 Å². The molecule has 0 aromatic heterocycles. The van der Waals surface area contributed by atoms with Crippen LogP contribution in [0.15, 0.2) is 48.5 Å². The summed E-state index contributed by atoms with van der Waals surface area (Å²) in [6.07, 6.45) is 3.10. The molecule has 2 atom stereocenters. The van der Waals surface area contributed by atoms with Gasteiger partial charge in [-0.25, -0.2) is 4.39 Å². The van der Waals surface area contributed by atoms with E-state index in [1.54, 1.807) is 6.07 Å². The largest absolute Gasteiger partial charge is 0.326 e. The predicted octanol–water partition coefficient (Wildman–Crippen LogP) is 4.33. The van der Waals surface area contributed by atoms with Gasteiger partial charge in [-0.15, -0.1) is 0 Å². The number of anilines is 2. The summed E-state index contributed by atoms with van der Waals surface area (Å²) in [6, 6.07) is 14.6. The number of hydrogen-bond acceptors (Lipinski definition) is 3. The average molecular weight is 410 g/mol. The van der Waals surface area contributed by atoms with E-state index in [2.05, 4.69) is 17.1 Å². The van der Waals surface area contributed by atoms with Crippen LogP contribution in [0, 0.1) is 5.82 Å². The van der Waals surface area contributed by atoms with E-state index in [9.17, 15) is 14.0 Å². The molecule has 0 saturated carbocycles. The first-order valence-corrected chi connectivity index (χ1v) is 10.6. The molecule has 30 heavy (non-hydrogen) atoms. The molecular formula is C24H28FN3O2. The van der Waals surface area contributed by atoms with Crippen molar-refractivity contribution in [2.75, 3.05) is 16.8 Å². The van der Waals surface area contributed by atoms with E-state index in [1.165, 1.54) is 24.6 Å². The smallest absolute Gasteiger partial charge is 0.227 e. The summed E-state index contributed by atoms with van der Waals surface area (Å²) in [7, 11) is 0. The molecule has 0 bridgehead atoms. The maximum atomic E-state index is 13.8. The first-order valence-electron chi connectivity index (χ1n) is 10.6. The highest BCUT2D eigenvalue weighted by Gasteiger charge is 2.49. The van der Waals surface area contributed by atoms with Crippen molar-refractivity contribution in [1.29, 1.82) is 0 Å². The third-order valence-corrected chi connectivity index (χ3v) is 6.42. The first-order chi connectivity index (χ1) is 14.4. The maximum Gasteiger partial charge on any atom is 0.227 e. The minimum absolute atomic E-state index is 0.0772. The lowest BCUT2D eigenvalue weighted by Gasteiger charge is -2.48.